The van der Waals surface area contributed by atoms with Crippen molar-refractivity contribution in [3.63, 3.8) is 0 Å². The Labute approximate surface area is 817 Å². The predicted octanol–water partition coefficient (Wildman–Crippen LogP) is 10.8. The number of halogens is 11. The molecule has 0 aliphatic heterocycles. The van der Waals surface area contributed by atoms with Crippen molar-refractivity contribution >= 4 is 212 Å². The third-order valence-corrected chi connectivity index (χ3v) is 16.7. The number of nitrogen functional groups attached to an aromatic ring is 1. The number of thiol groups is 1. The normalized spacial score (nSPS) is 10.1. The number of aliphatic hydroxyl groups is 1. The van der Waals surface area contributed by atoms with Crippen molar-refractivity contribution in [2.24, 2.45) is 39.5 Å². The van der Waals surface area contributed by atoms with E-state index in [1.54, 1.807) is 83.8 Å². The van der Waals surface area contributed by atoms with Crippen LogP contribution in [0.3, 0.4) is 0 Å². The van der Waals surface area contributed by atoms with Crippen LogP contribution in [-0.2, 0) is 49.3 Å². The molecule has 0 bridgehead atoms. The Hall–Kier alpha value is -4.52. The number of aromatic nitrogens is 16. The first-order chi connectivity index (χ1) is 55.7. The van der Waals surface area contributed by atoms with Gasteiger partial charge in [0.1, 0.15) is 100.0 Å². The molecule has 0 fully saturated rings. The van der Waals surface area contributed by atoms with Crippen molar-refractivity contribution < 1.29 is 113 Å². The molecule has 9 heterocycles. The Bertz CT molecular complexity index is 5410. The van der Waals surface area contributed by atoms with Gasteiger partial charge in [-0.15, -0.1) is 46.4 Å². The number of nitrogens with two attached hydrogens (primary N) is 1. The van der Waals surface area contributed by atoms with Crippen LogP contribution in [0.25, 0.3) is 79.1 Å². The summed E-state index contributed by atoms with van der Waals surface area (Å²) >= 11 is 32.6. The van der Waals surface area contributed by atoms with Gasteiger partial charge in [0.2, 0.25) is 5.91 Å². The third-order valence-electron chi connectivity index (χ3n) is 15.2. The number of hydrogen-bond acceptors (Lipinski definition) is 20. The molecule has 1 atom stereocenters. The average Bonchev–Trinajstić information content (AvgIpc) is 1.63. The number of aliphatic hydroxyl groups excluding tert-OH is 1. The molecule has 0 aliphatic carbocycles. The molecule has 0 saturated carbocycles. The van der Waals surface area contributed by atoms with E-state index in [0.717, 1.165) is 108 Å². The van der Waals surface area contributed by atoms with E-state index in [4.69, 9.17) is 82.0 Å². The van der Waals surface area contributed by atoms with Crippen LogP contribution in [0.1, 0.15) is 49.9 Å². The number of rotatable bonds is 9. The van der Waals surface area contributed by atoms with E-state index >= 15 is 0 Å². The molecule has 1 radical (unpaired) electrons. The molecule has 119 heavy (non-hydrogen) atoms. The second-order valence-corrected chi connectivity index (χ2v) is 29.1. The van der Waals surface area contributed by atoms with Crippen LogP contribution in [0, 0.1) is 63.7 Å². The van der Waals surface area contributed by atoms with Crippen molar-refractivity contribution in [2.75, 3.05) is 18.2 Å². The summed E-state index contributed by atoms with van der Waals surface area (Å²) in [4.78, 5) is 50.2. The Morgan fingerprint density at radius 2 is 0.882 bits per heavy atom. The van der Waals surface area contributed by atoms with Crippen molar-refractivity contribution in [3.8, 4) is 67.8 Å². The summed E-state index contributed by atoms with van der Waals surface area (Å²) in [5.41, 5.74) is 17.1. The molecule has 27 nitrogen and oxygen atoms in total. The van der Waals surface area contributed by atoms with Crippen molar-refractivity contribution in [1.29, 1.82) is 0 Å². The standard InChI is InChI=1S/C19H17FN6O.C17H15FN6.C11H10BrFN2.C11H11FN2.C6H6BFO2.C5H7BrN2.2C2H4Cl2.CH4O.BHNS.3K.HO4P/c1-11-21-18(13-4-6-14(20)7-5-13)19(25(11)3)15-8-9-17-23-16(22-12(2)27)10-26(17)24-15;1-10-20-16(11-3-5-12(18)6-4-11)17(23(10)2)13-7-8-15-21-14(19)9-24(15)22-13;1-7-14-10(11(12)15(7)2)8-3-5-9(13)6-4-8;1-8-13-11(7-14(8)2)9-3-5-10(12)6-4-9;8-6-3-1-5(2-4-6)7(9)10;1-4-7-5(6)3-8(4)2;2*1-2(3)4;1-2;1-2-3;;;;1-4-5(2)3/h4-10H,1-3H3,(H,22,27);3-9H,19H2,1-2H3;3-6H,1-2H3;3-7H,1-2H3;1-4,9-10H;3H,1-2H3;2*2H,1H3;2H,1H3;3H;;;;1H/q;;;;;;;;;;;;+1;/p-1. The van der Waals surface area contributed by atoms with Gasteiger partial charge in [-0.1, -0.05) is 12.1 Å². The molecule has 0 aliphatic rings. The average molecular weight is 1960 g/mol. The zero-order chi connectivity index (χ0) is 89.0. The molecule has 9 aromatic heterocycles. The quantitative estimate of drug-likeness (QED) is 0.0149. The molecule has 0 saturated heterocycles. The molecule has 5 aromatic carbocycles. The molecule has 6 N–H and O–H groups in total. The van der Waals surface area contributed by atoms with Gasteiger partial charge >= 0.3 is 155 Å². The Morgan fingerprint density at radius 1 is 0.555 bits per heavy atom. The van der Waals surface area contributed by atoms with Gasteiger partial charge in [0.15, 0.2) is 17.1 Å². The number of aryl methyl sites for hydroxylation is 7. The number of alkyl halides is 4. The minimum atomic E-state index is -3.15. The fraction of sp³-hybridized carbons (Fsp3) is 0.216. The van der Waals surface area contributed by atoms with Crippen molar-refractivity contribution in [2.45, 2.75) is 65.1 Å². The molecule has 14 rings (SSSR count). The zero-order valence-corrected chi connectivity index (χ0v) is 84.9. The number of anilines is 2. The van der Waals surface area contributed by atoms with E-state index in [2.05, 4.69) is 112 Å². The molecule has 14 aromatic rings. The number of benzene rings is 5. The van der Waals surface area contributed by atoms with Crippen LogP contribution in [0.15, 0.2) is 184 Å². The summed E-state index contributed by atoms with van der Waals surface area (Å²) in [5.74, 6) is 3.80. The van der Waals surface area contributed by atoms with E-state index in [9.17, 15) is 26.7 Å². The summed E-state index contributed by atoms with van der Waals surface area (Å²) in [7, 11) is 10.3. The first-order valence-electron chi connectivity index (χ1n) is 34.6. The number of carbonyl (C=O) groups is 1. The van der Waals surface area contributed by atoms with Gasteiger partial charge < -0.3 is 59.2 Å². The summed E-state index contributed by atoms with van der Waals surface area (Å²) < 4.78 is 93.0. The zero-order valence-electron chi connectivity index (χ0n) is 67.6. The second kappa shape index (κ2) is 57.2. The van der Waals surface area contributed by atoms with Gasteiger partial charge in [-0.05, 0) is 224 Å². The maximum absolute atomic E-state index is 13.3. The van der Waals surface area contributed by atoms with E-state index in [-0.39, 0.29) is 96.1 Å². The molecule has 1 amide bonds. The van der Waals surface area contributed by atoms with Crippen LogP contribution in [-0.4, -0.2) is 193 Å². The van der Waals surface area contributed by atoms with Gasteiger partial charge in [0.05, 0.1) is 40.9 Å². The molecular weight excluding hydrogens is 1880 g/mol. The SMILES string of the molecule is CC(=O)Nc1cn2nc(-c3c(-c4ccc(F)cc4)nc(C)n3C)ccc2n1.CC(Cl)Cl.CC(Cl)Cl.CO.Cc1nc(-c2ccc(F)cc2)c(-c2ccc3nc(N)cn3n2)n1C.Cc1nc(-c2ccc(F)cc2)c(Br)n1C.Cc1nc(-c2ccc(F)cc2)cn1C.Cc1nc(Br)cn1C.O=[P+]([O-])O[O-].OB(O)c1ccc(F)cc1.[B]=NS.[K+].[K][K]. The number of imidazole rings is 7. The minimum absolute atomic E-state index is 0. The van der Waals surface area contributed by atoms with Crippen molar-refractivity contribution in [1.82, 2.24) is 77.0 Å². The van der Waals surface area contributed by atoms with Crippen LogP contribution in [0.5, 0.6) is 0 Å². The van der Waals surface area contributed by atoms with E-state index < -0.39 is 15.4 Å². The first kappa shape index (κ1) is 111. The molecule has 0 spiro atoms. The fourth-order valence-corrected chi connectivity index (χ4v) is 10.7. The van der Waals surface area contributed by atoms with Crippen LogP contribution in [0.4, 0.5) is 33.6 Å². The third kappa shape index (κ3) is 37.7. The Balaban J connectivity index is 0.000000477. The van der Waals surface area contributed by atoms with Gasteiger partial charge in [-0.25, -0.2) is 70.5 Å². The second-order valence-electron chi connectivity index (χ2n) is 23.6. The summed E-state index contributed by atoms with van der Waals surface area (Å²) in [5, 5.41) is 44.5. The maximum atomic E-state index is 13.3. The molecule has 615 valence electrons. The summed E-state index contributed by atoms with van der Waals surface area (Å²) in [6, 6.07) is 37.6. The number of nitrogens with one attached hydrogen (secondary N) is 1. The predicted molar refractivity (Wildman–Crippen MR) is 463 cm³/mol. The Kier molecular flexibility index (Phi) is 53.1. The van der Waals surface area contributed by atoms with E-state index in [1.807, 2.05) is 129 Å². The number of fused-ring (bicyclic) bond motifs is 2. The summed E-state index contributed by atoms with van der Waals surface area (Å²) in [6.07, 6.45) is 7.18. The van der Waals surface area contributed by atoms with E-state index in [1.165, 1.54) is 143 Å². The Morgan fingerprint density at radius 3 is 1.19 bits per heavy atom. The topological polar surface area (TPSA) is 350 Å². The van der Waals surface area contributed by atoms with Gasteiger partial charge in [0.25, 0.3) is 0 Å². The number of carbonyl (C=O) groups excluding carboxylic acids is 1. The van der Waals surface area contributed by atoms with Gasteiger partial charge in [-0.2, -0.15) is 10.2 Å². The first-order valence-corrected chi connectivity index (χ1v) is 55.4. The van der Waals surface area contributed by atoms with Gasteiger partial charge in [-0.3, -0.25) is 4.79 Å². The number of hydrogen-bond donors (Lipinski definition) is 6. The summed E-state index contributed by atoms with van der Waals surface area (Å²) in [6.45, 7) is 14.5. The van der Waals surface area contributed by atoms with Crippen LogP contribution >= 0.6 is 99.3 Å². The number of amides is 1. The fourth-order valence-electron chi connectivity index (χ4n) is 9.55. The number of nitrogens with zero attached hydrogens (tertiary/aromatic N) is 17. The van der Waals surface area contributed by atoms with Crippen molar-refractivity contribution in [3.05, 3.63) is 238 Å². The monoisotopic (exact) mass is 1960 g/mol. The molecule has 45 heteroatoms. The van der Waals surface area contributed by atoms with Crippen LogP contribution in [0.2, 0.25) is 0 Å². The molecule has 1 unspecified atom stereocenters. The molecular formula is C74H79B2Br2Cl4F5K3N19O8PS. The van der Waals surface area contributed by atoms with E-state index in [0.29, 0.717) is 34.1 Å². The van der Waals surface area contributed by atoms with Crippen LogP contribution < -0.4 is 78.0 Å². The van der Waals surface area contributed by atoms with Gasteiger partial charge in [0, 0.05) is 83.9 Å².